The maximum absolute atomic E-state index is 4.82. The van der Waals surface area contributed by atoms with E-state index in [0.29, 0.717) is 29.8 Å². The fraction of sp³-hybridized carbons (Fsp3) is 0.308. The molecule has 3 aromatic rings. The molecule has 1 aliphatic heterocycles. The fourth-order valence-electron chi connectivity index (χ4n) is 9.24. The van der Waals surface area contributed by atoms with Crippen molar-refractivity contribution in [1.82, 2.24) is 0 Å². The summed E-state index contributed by atoms with van der Waals surface area (Å²) in [6, 6.07) is 34.9. The molecule has 2 unspecified atom stereocenters. The van der Waals surface area contributed by atoms with Crippen molar-refractivity contribution in [1.29, 1.82) is 0 Å². The van der Waals surface area contributed by atoms with E-state index in [1.54, 1.807) is 0 Å². The van der Waals surface area contributed by atoms with Crippen molar-refractivity contribution in [2.45, 2.75) is 28.3 Å². The zero-order valence-corrected chi connectivity index (χ0v) is 15.4. The molecule has 1 heterocycles. The molecular weight excluding hydrogens is 340 g/mol. The second kappa shape index (κ2) is 4.15. The quantitative estimate of drug-likeness (QED) is 0.634. The number of hydrogen-bond donors (Lipinski definition) is 0. The fourth-order valence-corrected chi connectivity index (χ4v) is 9.24. The lowest BCUT2D eigenvalue weighted by Crippen LogP contribution is -2.55. The highest BCUT2D eigenvalue weighted by Crippen LogP contribution is 3.05. The lowest BCUT2D eigenvalue weighted by atomic mass is 9.52. The Kier molecular flexibility index (Phi) is 2.12. The van der Waals surface area contributed by atoms with Crippen LogP contribution in [-0.4, -0.2) is 12.1 Å². The third-order valence-electron chi connectivity index (χ3n) is 9.18. The van der Waals surface area contributed by atoms with Gasteiger partial charge in [0.2, 0.25) is 0 Å². The highest BCUT2D eigenvalue weighted by Gasteiger charge is 3.11. The summed E-state index contributed by atoms with van der Waals surface area (Å²) in [4.78, 5) is 0. The second-order valence-corrected chi connectivity index (χ2v) is 9.31. The lowest BCUT2D eigenvalue weighted by molar-refractivity contribution is 0.0825. The van der Waals surface area contributed by atoms with Crippen LogP contribution in [0.25, 0.3) is 0 Å². The van der Waals surface area contributed by atoms with E-state index in [2.05, 4.69) is 91.0 Å². The molecular formula is C26H20N2. The zero-order chi connectivity index (χ0) is 18.1. The van der Waals surface area contributed by atoms with Crippen LogP contribution in [0.15, 0.2) is 101 Å². The monoisotopic (exact) mass is 360 g/mol. The van der Waals surface area contributed by atoms with Gasteiger partial charge in [0.05, 0.1) is 12.1 Å². The van der Waals surface area contributed by atoms with Gasteiger partial charge in [-0.3, -0.25) is 0 Å². The highest BCUT2D eigenvalue weighted by atomic mass is 15.3. The Morgan fingerprint density at radius 1 is 0.429 bits per heavy atom. The Balaban J connectivity index is 1.52. The van der Waals surface area contributed by atoms with Crippen molar-refractivity contribution in [2.75, 3.05) is 0 Å². The molecule has 8 atom stereocenters. The molecule has 2 nitrogen and oxygen atoms in total. The Labute approximate surface area is 164 Å². The van der Waals surface area contributed by atoms with Crippen molar-refractivity contribution >= 4 is 0 Å². The van der Waals surface area contributed by atoms with Crippen LogP contribution in [0.3, 0.4) is 0 Å². The van der Waals surface area contributed by atoms with Crippen LogP contribution >= 0.6 is 0 Å². The summed E-state index contributed by atoms with van der Waals surface area (Å²) in [6.45, 7) is 0. The van der Waals surface area contributed by atoms with Gasteiger partial charge >= 0.3 is 0 Å². The molecule has 28 heavy (non-hydrogen) atoms. The van der Waals surface area contributed by atoms with Gasteiger partial charge < -0.3 is 0 Å². The molecule has 6 aliphatic rings. The summed E-state index contributed by atoms with van der Waals surface area (Å²) in [5.74, 6) is 1.84. The molecule has 5 fully saturated rings. The van der Waals surface area contributed by atoms with E-state index in [9.17, 15) is 0 Å². The molecule has 0 saturated heterocycles. The predicted molar refractivity (Wildman–Crippen MR) is 107 cm³/mol. The van der Waals surface area contributed by atoms with Crippen LogP contribution in [0.5, 0.6) is 0 Å². The topological polar surface area (TPSA) is 24.7 Å². The molecule has 5 bridgehead atoms. The third-order valence-corrected chi connectivity index (χ3v) is 9.18. The van der Waals surface area contributed by atoms with Crippen LogP contribution in [0.4, 0.5) is 0 Å². The van der Waals surface area contributed by atoms with E-state index in [1.807, 2.05) is 0 Å². The standard InChI is InChI=1S/C26H20N2/c1-4-10-16(11-5-1)24-19-20-23-21(22(19)27-28-23)26(24,18-14-8-3-9-15-18)25(20,24)17-12-6-2-7-13-17/h1-15,19-23H/t19-,20+,21?,22-,23+,24-,25+,26?. The minimum atomic E-state index is 0.137. The summed E-state index contributed by atoms with van der Waals surface area (Å²) in [5, 5.41) is 9.63. The van der Waals surface area contributed by atoms with E-state index in [1.165, 1.54) is 16.7 Å². The van der Waals surface area contributed by atoms with Gasteiger partial charge in [-0.05, 0) is 16.7 Å². The van der Waals surface area contributed by atoms with E-state index in [0.717, 1.165) is 0 Å². The van der Waals surface area contributed by atoms with Gasteiger partial charge in [-0.2, -0.15) is 10.2 Å². The Morgan fingerprint density at radius 2 is 0.750 bits per heavy atom. The summed E-state index contributed by atoms with van der Waals surface area (Å²) in [5.41, 5.74) is 5.05. The lowest BCUT2D eigenvalue weighted by Gasteiger charge is -2.51. The smallest absolute Gasteiger partial charge is 0.0807 e. The molecule has 0 spiro atoms. The zero-order valence-electron chi connectivity index (χ0n) is 15.4. The average Bonchev–Trinajstić information content (AvgIpc) is 3.21. The molecule has 5 saturated carbocycles. The largest absolute Gasteiger partial charge is 0.190 e. The SMILES string of the molecule is c1ccc(C23C4[C@H]5N=N[C@@H]4[C@H]4[C@@H]5[C@@]2(c2ccccc2)[C@@]43c2ccccc2)cc1. The van der Waals surface area contributed by atoms with E-state index >= 15 is 0 Å². The van der Waals surface area contributed by atoms with Gasteiger partial charge in [0.25, 0.3) is 0 Å². The Hall–Kier alpha value is -2.74. The van der Waals surface area contributed by atoms with Gasteiger partial charge in [-0.1, -0.05) is 91.0 Å². The molecule has 0 radical (unpaired) electrons. The number of azo groups is 1. The first-order chi connectivity index (χ1) is 13.9. The van der Waals surface area contributed by atoms with Gasteiger partial charge in [0, 0.05) is 34.0 Å². The molecule has 3 aromatic carbocycles. The molecule has 0 aromatic heterocycles. The van der Waals surface area contributed by atoms with E-state index in [4.69, 9.17) is 10.2 Å². The summed E-state index contributed by atoms with van der Waals surface area (Å²) >= 11 is 0. The minimum Gasteiger partial charge on any atom is -0.190 e. The maximum atomic E-state index is 4.82. The van der Waals surface area contributed by atoms with Crippen LogP contribution < -0.4 is 0 Å². The van der Waals surface area contributed by atoms with Crippen molar-refractivity contribution in [3.8, 4) is 0 Å². The van der Waals surface area contributed by atoms with Crippen molar-refractivity contribution in [3.63, 3.8) is 0 Å². The summed E-state index contributed by atoms with van der Waals surface area (Å²) in [6.07, 6.45) is 0. The second-order valence-electron chi connectivity index (χ2n) is 9.31. The molecule has 9 rings (SSSR count). The Bertz CT molecular complexity index is 1090. The van der Waals surface area contributed by atoms with Crippen LogP contribution in [-0.2, 0) is 16.2 Å². The Morgan fingerprint density at radius 3 is 1.11 bits per heavy atom. The summed E-state index contributed by atoms with van der Waals surface area (Å²) in [7, 11) is 0. The number of nitrogens with zero attached hydrogens (tertiary/aromatic N) is 2. The van der Waals surface area contributed by atoms with Gasteiger partial charge in [-0.15, -0.1) is 0 Å². The molecule has 0 N–H and O–H groups in total. The molecule has 5 aliphatic carbocycles. The van der Waals surface area contributed by atoms with Crippen LogP contribution in [0.1, 0.15) is 16.7 Å². The van der Waals surface area contributed by atoms with Gasteiger partial charge in [0.1, 0.15) is 0 Å². The average molecular weight is 360 g/mol. The molecule has 134 valence electrons. The van der Waals surface area contributed by atoms with Crippen LogP contribution in [0, 0.1) is 17.8 Å². The van der Waals surface area contributed by atoms with Gasteiger partial charge in [0.15, 0.2) is 0 Å². The highest BCUT2D eigenvalue weighted by molar-refractivity contribution is 5.80. The van der Waals surface area contributed by atoms with Crippen molar-refractivity contribution < 1.29 is 0 Å². The number of hydrogen-bond acceptors (Lipinski definition) is 2. The first kappa shape index (κ1) is 14.3. The predicted octanol–water partition coefficient (Wildman–Crippen LogP) is 4.91. The molecule has 0 amide bonds. The number of rotatable bonds is 3. The van der Waals surface area contributed by atoms with Crippen molar-refractivity contribution in [3.05, 3.63) is 108 Å². The third kappa shape index (κ3) is 1.00. The van der Waals surface area contributed by atoms with E-state index in [-0.39, 0.29) is 16.2 Å². The van der Waals surface area contributed by atoms with Crippen LogP contribution in [0.2, 0.25) is 0 Å². The minimum absolute atomic E-state index is 0.137. The molecule has 2 heteroatoms. The first-order valence-electron chi connectivity index (χ1n) is 10.5. The van der Waals surface area contributed by atoms with Crippen molar-refractivity contribution in [2.24, 2.45) is 28.0 Å². The first-order valence-corrected chi connectivity index (χ1v) is 10.5. The summed E-state index contributed by atoms with van der Waals surface area (Å²) < 4.78 is 0. The maximum Gasteiger partial charge on any atom is 0.0807 e. The van der Waals surface area contributed by atoms with Gasteiger partial charge in [-0.25, -0.2) is 0 Å². The number of benzene rings is 3. The normalized spacial score (nSPS) is 47.2. The van der Waals surface area contributed by atoms with E-state index < -0.39 is 0 Å².